The molecule has 1 N–H and O–H groups in total. The molecule has 0 aliphatic rings. The van der Waals surface area contributed by atoms with E-state index in [-0.39, 0.29) is 0 Å². The highest BCUT2D eigenvalue weighted by Crippen LogP contribution is 2.33. The van der Waals surface area contributed by atoms with Crippen molar-refractivity contribution in [2.45, 2.75) is 46.0 Å². The molecule has 0 saturated carbocycles. The van der Waals surface area contributed by atoms with Crippen LogP contribution in [0.25, 0.3) is 0 Å². The maximum absolute atomic E-state index is 5.33. The Bertz CT molecular complexity index is 364. The number of ether oxygens (including phenoxy) is 1. The number of rotatable bonds is 9. The van der Waals surface area contributed by atoms with Crippen molar-refractivity contribution >= 4 is 0 Å². The van der Waals surface area contributed by atoms with E-state index in [0.29, 0.717) is 5.41 Å². The zero-order valence-electron chi connectivity index (χ0n) is 13.0. The first-order valence-electron chi connectivity index (χ1n) is 7.47. The fraction of sp³-hybridized carbons (Fsp3) is 0.647. The van der Waals surface area contributed by atoms with Gasteiger partial charge in [-0.2, -0.15) is 0 Å². The van der Waals surface area contributed by atoms with E-state index in [2.05, 4.69) is 44.4 Å². The lowest BCUT2D eigenvalue weighted by atomic mass is 9.75. The van der Waals surface area contributed by atoms with Crippen molar-refractivity contribution in [2.24, 2.45) is 5.41 Å². The quantitative estimate of drug-likeness (QED) is 0.726. The lowest BCUT2D eigenvalue weighted by Crippen LogP contribution is -2.34. The van der Waals surface area contributed by atoms with Crippen LogP contribution in [0.15, 0.2) is 24.3 Å². The fourth-order valence-electron chi connectivity index (χ4n) is 2.81. The Morgan fingerprint density at radius 1 is 1.26 bits per heavy atom. The molecule has 1 atom stereocenters. The average Bonchev–Trinajstić information content (AvgIpc) is 2.45. The molecule has 108 valence electrons. The second kappa shape index (κ2) is 8.21. The first kappa shape index (κ1) is 16.0. The van der Waals surface area contributed by atoms with Gasteiger partial charge in [0.05, 0.1) is 7.11 Å². The summed E-state index contributed by atoms with van der Waals surface area (Å²) in [4.78, 5) is 0. The van der Waals surface area contributed by atoms with Crippen molar-refractivity contribution in [2.75, 3.05) is 20.7 Å². The van der Waals surface area contributed by atoms with Crippen molar-refractivity contribution in [3.8, 4) is 5.75 Å². The molecule has 0 bridgehead atoms. The maximum Gasteiger partial charge on any atom is 0.119 e. The van der Waals surface area contributed by atoms with E-state index in [9.17, 15) is 0 Å². The number of benzene rings is 1. The largest absolute Gasteiger partial charge is 0.497 e. The lowest BCUT2D eigenvalue weighted by Gasteiger charge is -2.33. The van der Waals surface area contributed by atoms with Crippen LogP contribution in [0.3, 0.4) is 0 Å². The molecule has 0 aromatic heterocycles. The Labute approximate surface area is 118 Å². The number of nitrogens with one attached hydrogen (secondary N) is 1. The van der Waals surface area contributed by atoms with Gasteiger partial charge in [0.1, 0.15) is 5.75 Å². The van der Waals surface area contributed by atoms with Crippen LogP contribution in [-0.2, 0) is 6.42 Å². The minimum absolute atomic E-state index is 0.372. The van der Waals surface area contributed by atoms with Crippen molar-refractivity contribution in [3.63, 3.8) is 0 Å². The Morgan fingerprint density at radius 3 is 2.63 bits per heavy atom. The van der Waals surface area contributed by atoms with E-state index in [1.165, 1.54) is 31.2 Å². The molecule has 0 amide bonds. The minimum atomic E-state index is 0.372. The molecule has 0 spiro atoms. The van der Waals surface area contributed by atoms with E-state index in [1.807, 2.05) is 6.07 Å². The van der Waals surface area contributed by atoms with Gasteiger partial charge in [0.2, 0.25) is 0 Å². The van der Waals surface area contributed by atoms with Crippen LogP contribution in [0.4, 0.5) is 0 Å². The normalized spacial score (nSPS) is 14.1. The van der Waals surface area contributed by atoms with Gasteiger partial charge in [-0.05, 0) is 49.4 Å². The van der Waals surface area contributed by atoms with E-state index in [1.54, 1.807) is 7.11 Å². The topological polar surface area (TPSA) is 21.3 Å². The number of methoxy groups -OCH3 is 1. The highest BCUT2D eigenvalue weighted by Gasteiger charge is 2.27. The summed E-state index contributed by atoms with van der Waals surface area (Å²) in [5.41, 5.74) is 1.75. The van der Waals surface area contributed by atoms with Crippen molar-refractivity contribution in [1.82, 2.24) is 5.32 Å². The zero-order valence-corrected chi connectivity index (χ0v) is 13.0. The van der Waals surface area contributed by atoms with Crippen LogP contribution < -0.4 is 10.1 Å². The van der Waals surface area contributed by atoms with Crippen LogP contribution in [0.2, 0.25) is 0 Å². The SMILES string of the molecule is CCCCC(CC)(CNC)Cc1cccc(OC)c1. The number of hydrogen-bond acceptors (Lipinski definition) is 2. The van der Waals surface area contributed by atoms with Crippen molar-refractivity contribution < 1.29 is 4.74 Å². The average molecular weight is 263 g/mol. The van der Waals surface area contributed by atoms with Crippen LogP contribution in [0.5, 0.6) is 5.75 Å². The second-order valence-electron chi connectivity index (χ2n) is 5.52. The summed E-state index contributed by atoms with van der Waals surface area (Å²) < 4.78 is 5.33. The van der Waals surface area contributed by atoms with E-state index >= 15 is 0 Å². The lowest BCUT2D eigenvalue weighted by molar-refractivity contribution is 0.234. The Morgan fingerprint density at radius 2 is 2.05 bits per heavy atom. The summed E-state index contributed by atoms with van der Waals surface area (Å²) in [6, 6.07) is 8.50. The summed E-state index contributed by atoms with van der Waals surface area (Å²) in [5.74, 6) is 0.961. The Hall–Kier alpha value is -1.02. The smallest absolute Gasteiger partial charge is 0.119 e. The molecule has 0 fully saturated rings. The highest BCUT2D eigenvalue weighted by atomic mass is 16.5. The molecule has 0 aliphatic heterocycles. The van der Waals surface area contributed by atoms with Gasteiger partial charge in [0.15, 0.2) is 0 Å². The van der Waals surface area contributed by atoms with Gasteiger partial charge >= 0.3 is 0 Å². The molecule has 1 unspecified atom stereocenters. The molecule has 0 aliphatic carbocycles. The maximum atomic E-state index is 5.33. The molecule has 2 heteroatoms. The predicted octanol–water partition coefficient (Wildman–Crippen LogP) is 4.04. The first-order chi connectivity index (χ1) is 9.19. The molecular formula is C17H29NO. The second-order valence-corrected chi connectivity index (χ2v) is 5.52. The summed E-state index contributed by atoms with van der Waals surface area (Å²) in [6.45, 7) is 5.67. The summed E-state index contributed by atoms with van der Waals surface area (Å²) in [5, 5.41) is 3.39. The molecule has 1 rings (SSSR count). The van der Waals surface area contributed by atoms with Gasteiger partial charge in [-0.25, -0.2) is 0 Å². The zero-order chi connectivity index (χ0) is 14.1. The molecule has 1 aromatic carbocycles. The minimum Gasteiger partial charge on any atom is -0.497 e. The third kappa shape index (κ3) is 4.87. The van der Waals surface area contributed by atoms with Crippen LogP contribution in [0.1, 0.15) is 45.1 Å². The summed E-state index contributed by atoms with van der Waals surface area (Å²) >= 11 is 0. The van der Waals surface area contributed by atoms with Crippen molar-refractivity contribution in [3.05, 3.63) is 29.8 Å². The Kier molecular flexibility index (Phi) is 6.93. The van der Waals surface area contributed by atoms with Gasteiger partial charge in [0.25, 0.3) is 0 Å². The molecule has 19 heavy (non-hydrogen) atoms. The van der Waals surface area contributed by atoms with Crippen LogP contribution in [0, 0.1) is 5.41 Å². The number of unbranched alkanes of at least 4 members (excludes halogenated alkanes) is 1. The Balaban J connectivity index is 2.84. The van der Waals surface area contributed by atoms with Gasteiger partial charge < -0.3 is 10.1 Å². The van der Waals surface area contributed by atoms with Crippen LogP contribution in [-0.4, -0.2) is 20.7 Å². The van der Waals surface area contributed by atoms with E-state index < -0.39 is 0 Å². The third-order valence-electron chi connectivity index (χ3n) is 4.08. The third-order valence-corrected chi connectivity index (χ3v) is 4.08. The monoisotopic (exact) mass is 263 g/mol. The predicted molar refractivity (Wildman–Crippen MR) is 82.9 cm³/mol. The van der Waals surface area contributed by atoms with Gasteiger partial charge in [-0.15, -0.1) is 0 Å². The van der Waals surface area contributed by atoms with Gasteiger partial charge in [-0.1, -0.05) is 38.8 Å². The fourth-order valence-corrected chi connectivity index (χ4v) is 2.81. The summed E-state index contributed by atoms with van der Waals surface area (Å²) in [7, 11) is 3.79. The van der Waals surface area contributed by atoms with Gasteiger partial charge in [-0.3, -0.25) is 0 Å². The van der Waals surface area contributed by atoms with Crippen molar-refractivity contribution in [1.29, 1.82) is 0 Å². The first-order valence-corrected chi connectivity index (χ1v) is 7.47. The molecule has 1 aromatic rings. The van der Waals surface area contributed by atoms with Crippen LogP contribution >= 0.6 is 0 Å². The molecule has 2 nitrogen and oxygen atoms in total. The van der Waals surface area contributed by atoms with E-state index in [0.717, 1.165) is 18.7 Å². The molecule has 0 heterocycles. The van der Waals surface area contributed by atoms with Gasteiger partial charge in [0, 0.05) is 6.54 Å². The highest BCUT2D eigenvalue weighted by molar-refractivity contribution is 5.29. The molecule has 0 radical (unpaired) electrons. The standard InChI is InChI=1S/C17H29NO/c1-5-7-11-17(6-2,14-18-3)13-15-9-8-10-16(12-15)19-4/h8-10,12,18H,5-7,11,13-14H2,1-4H3. The molecule has 0 saturated heterocycles. The number of hydrogen-bond donors (Lipinski definition) is 1. The summed E-state index contributed by atoms with van der Waals surface area (Å²) in [6.07, 6.45) is 6.20. The van der Waals surface area contributed by atoms with E-state index in [4.69, 9.17) is 4.74 Å². The molecular weight excluding hydrogens is 234 g/mol.